The SMILES string of the molecule is N#Cc1ccccc1CC(=O)Cc1ccc([C@H]2CCC[C@H](c3ccc(CC(=O)Cc4ccccc4C#N)nn3)C2)nn1. The highest BCUT2D eigenvalue weighted by Crippen LogP contribution is 2.39. The van der Waals surface area contributed by atoms with Gasteiger partial charge in [-0.1, -0.05) is 42.8 Å². The van der Waals surface area contributed by atoms with Crippen molar-refractivity contribution in [1.29, 1.82) is 10.5 Å². The van der Waals surface area contributed by atoms with Gasteiger partial charge in [0.2, 0.25) is 0 Å². The molecule has 2 aromatic carbocycles. The van der Waals surface area contributed by atoms with E-state index in [1.165, 1.54) is 0 Å². The van der Waals surface area contributed by atoms with Crippen molar-refractivity contribution in [2.24, 2.45) is 0 Å². The van der Waals surface area contributed by atoms with Gasteiger partial charge in [0, 0.05) is 24.7 Å². The average molecular weight is 555 g/mol. The van der Waals surface area contributed by atoms with Crippen molar-refractivity contribution in [1.82, 2.24) is 20.4 Å². The number of nitrogens with zero attached hydrogens (tertiary/aromatic N) is 6. The summed E-state index contributed by atoms with van der Waals surface area (Å²) in [5.41, 5.74) is 5.57. The molecule has 42 heavy (non-hydrogen) atoms. The number of carbonyl (C=O) groups excluding carboxylic acids is 2. The van der Waals surface area contributed by atoms with E-state index in [0.29, 0.717) is 22.5 Å². The predicted octanol–water partition coefficient (Wildman–Crippen LogP) is 5.16. The zero-order chi connectivity index (χ0) is 29.3. The Morgan fingerprint density at radius 2 is 1.07 bits per heavy atom. The Bertz CT molecular complexity index is 1530. The van der Waals surface area contributed by atoms with Crippen LogP contribution < -0.4 is 0 Å². The molecule has 4 aromatic rings. The summed E-state index contributed by atoms with van der Waals surface area (Å²) in [6.07, 6.45) is 4.69. The van der Waals surface area contributed by atoms with Crippen LogP contribution in [0.3, 0.4) is 0 Å². The highest BCUT2D eigenvalue weighted by atomic mass is 16.1. The zero-order valence-electron chi connectivity index (χ0n) is 23.2. The third-order valence-corrected chi connectivity index (χ3v) is 7.80. The van der Waals surface area contributed by atoms with Crippen LogP contribution in [0.1, 0.15) is 82.5 Å². The van der Waals surface area contributed by atoms with Crippen LogP contribution in [0.2, 0.25) is 0 Å². The monoisotopic (exact) mass is 554 g/mol. The molecule has 208 valence electrons. The summed E-state index contributed by atoms with van der Waals surface area (Å²) < 4.78 is 0. The fourth-order valence-electron chi connectivity index (χ4n) is 5.61. The van der Waals surface area contributed by atoms with E-state index in [4.69, 9.17) is 0 Å². The molecule has 2 heterocycles. The highest BCUT2D eigenvalue weighted by molar-refractivity contribution is 5.83. The second-order valence-corrected chi connectivity index (χ2v) is 10.8. The molecule has 0 radical (unpaired) electrons. The fourth-order valence-corrected chi connectivity index (χ4v) is 5.61. The number of rotatable bonds is 10. The van der Waals surface area contributed by atoms with Gasteiger partial charge >= 0.3 is 0 Å². The molecule has 1 aliphatic rings. The number of ketones is 2. The highest BCUT2D eigenvalue weighted by Gasteiger charge is 2.27. The van der Waals surface area contributed by atoms with E-state index in [9.17, 15) is 20.1 Å². The first-order chi connectivity index (χ1) is 20.5. The first kappa shape index (κ1) is 28.4. The van der Waals surface area contributed by atoms with E-state index >= 15 is 0 Å². The molecule has 8 heteroatoms. The number of benzene rings is 2. The topological polar surface area (TPSA) is 133 Å². The lowest BCUT2D eigenvalue weighted by Crippen LogP contribution is -2.17. The number of Topliss-reactive ketones (excluding diaryl/α,β-unsaturated/α-hetero) is 2. The predicted molar refractivity (Wildman–Crippen MR) is 155 cm³/mol. The lowest BCUT2D eigenvalue weighted by atomic mass is 9.78. The van der Waals surface area contributed by atoms with Crippen LogP contribution in [0, 0.1) is 22.7 Å². The molecular weight excluding hydrogens is 524 g/mol. The smallest absolute Gasteiger partial charge is 0.143 e. The Hall–Kier alpha value is -5.08. The second kappa shape index (κ2) is 13.5. The Morgan fingerprint density at radius 3 is 1.48 bits per heavy atom. The van der Waals surface area contributed by atoms with E-state index in [-0.39, 0.29) is 49.1 Å². The minimum absolute atomic E-state index is 0.00631. The number of nitriles is 2. The van der Waals surface area contributed by atoms with Crippen molar-refractivity contribution in [2.75, 3.05) is 0 Å². The third kappa shape index (κ3) is 7.16. The van der Waals surface area contributed by atoms with Crippen LogP contribution in [-0.2, 0) is 35.3 Å². The standard InChI is InChI=1S/C34H30N6O2/c35-21-27-8-3-1-6-23(27)17-31(41)19-29-12-14-33(39-37-29)25-10-5-11-26(16-25)34-15-13-30(38-40-34)20-32(42)18-24-7-2-4-9-28(24)22-36/h1-4,6-9,12-15,25-26H,5,10-11,16-20H2/t25-,26-/m0/s1. The minimum Gasteiger partial charge on any atom is -0.299 e. The van der Waals surface area contributed by atoms with E-state index in [0.717, 1.165) is 48.2 Å². The lowest BCUT2D eigenvalue weighted by Gasteiger charge is -2.28. The van der Waals surface area contributed by atoms with Crippen molar-refractivity contribution in [3.05, 3.63) is 118 Å². The first-order valence-corrected chi connectivity index (χ1v) is 14.2. The summed E-state index contributed by atoms with van der Waals surface area (Å²) in [5.74, 6) is 0.472. The van der Waals surface area contributed by atoms with Gasteiger partial charge in [0.25, 0.3) is 0 Å². The number of aromatic nitrogens is 4. The van der Waals surface area contributed by atoms with Crippen LogP contribution in [0.5, 0.6) is 0 Å². The minimum atomic E-state index is -0.00631. The first-order valence-electron chi connectivity index (χ1n) is 14.2. The number of carbonyl (C=O) groups is 2. The van der Waals surface area contributed by atoms with Gasteiger partial charge in [0.15, 0.2) is 0 Å². The molecule has 0 bridgehead atoms. The van der Waals surface area contributed by atoms with Gasteiger partial charge in [0.1, 0.15) is 11.6 Å². The zero-order valence-corrected chi connectivity index (χ0v) is 23.2. The van der Waals surface area contributed by atoms with Crippen molar-refractivity contribution < 1.29 is 9.59 Å². The Kier molecular flexibility index (Phi) is 9.16. The molecule has 1 aliphatic carbocycles. The Balaban J connectivity index is 1.15. The summed E-state index contributed by atoms with van der Waals surface area (Å²) in [7, 11) is 0. The molecule has 0 aliphatic heterocycles. The molecule has 2 aromatic heterocycles. The molecule has 0 spiro atoms. The molecular formula is C34H30N6O2. The molecule has 1 fully saturated rings. The third-order valence-electron chi connectivity index (χ3n) is 7.80. The van der Waals surface area contributed by atoms with Crippen LogP contribution in [-0.4, -0.2) is 32.0 Å². The fraction of sp³-hybridized carbons (Fsp3) is 0.294. The van der Waals surface area contributed by atoms with Crippen LogP contribution >= 0.6 is 0 Å². The quantitative estimate of drug-likeness (QED) is 0.262. The number of hydrogen-bond acceptors (Lipinski definition) is 8. The van der Waals surface area contributed by atoms with Gasteiger partial charge < -0.3 is 0 Å². The molecule has 0 saturated heterocycles. The molecule has 2 atom stereocenters. The van der Waals surface area contributed by atoms with E-state index in [1.54, 1.807) is 36.4 Å². The lowest BCUT2D eigenvalue weighted by molar-refractivity contribution is -0.118. The van der Waals surface area contributed by atoms with Gasteiger partial charge in [-0.05, 0) is 66.8 Å². The van der Waals surface area contributed by atoms with Crippen molar-refractivity contribution >= 4 is 11.6 Å². The molecule has 0 amide bonds. The summed E-state index contributed by atoms with van der Waals surface area (Å²) >= 11 is 0. The molecule has 0 unspecified atom stereocenters. The van der Waals surface area contributed by atoms with Gasteiger partial charge in [-0.3, -0.25) is 9.59 Å². The van der Waals surface area contributed by atoms with E-state index in [1.807, 2.05) is 36.4 Å². The van der Waals surface area contributed by atoms with E-state index < -0.39 is 0 Å². The maximum Gasteiger partial charge on any atom is 0.143 e. The second-order valence-electron chi connectivity index (χ2n) is 10.8. The van der Waals surface area contributed by atoms with Gasteiger partial charge in [-0.2, -0.15) is 30.9 Å². The Morgan fingerprint density at radius 1 is 0.619 bits per heavy atom. The van der Waals surface area contributed by atoms with Crippen molar-refractivity contribution in [3.63, 3.8) is 0 Å². The normalized spacial score (nSPS) is 16.2. The van der Waals surface area contributed by atoms with Crippen LogP contribution in [0.25, 0.3) is 0 Å². The molecule has 5 rings (SSSR count). The Labute approximate surface area is 245 Å². The van der Waals surface area contributed by atoms with E-state index in [2.05, 4.69) is 32.5 Å². The maximum absolute atomic E-state index is 12.6. The summed E-state index contributed by atoms with van der Waals surface area (Å²) in [5, 5.41) is 36.1. The summed E-state index contributed by atoms with van der Waals surface area (Å²) in [6.45, 7) is 0. The molecule has 0 N–H and O–H groups in total. The van der Waals surface area contributed by atoms with Crippen molar-refractivity contribution in [2.45, 2.75) is 63.2 Å². The van der Waals surface area contributed by atoms with Crippen molar-refractivity contribution in [3.8, 4) is 12.1 Å². The van der Waals surface area contributed by atoms with Gasteiger partial charge in [-0.25, -0.2) is 0 Å². The average Bonchev–Trinajstić information content (AvgIpc) is 3.02. The van der Waals surface area contributed by atoms with Crippen LogP contribution in [0.4, 0.5) is 0 Å². The summed E-state index contributed by atoms with van der Waals surface area (Å²) in [6, 6.07) is 26.2. The summed E-state index contributed by atoms with van der Waals surface area (Å²) in [4.78, 5) is 25.2. The van der Waals surface area contributed by atoms with Gasteiger partial charge in [-0.15, -0.1) is 0 Å². The maximum atomic E-state index is 12.6. The molecule has 8 nitrogen and oxygen atoms in total. The van der Waals surface area contributed by atoms with Crippen LogP contribution in [0.15, 0.2) is 72.8 Å². The largest absolute Gasteiger partial charge is 0.299 e. The molecule has 1 saturated carbocycles. The number of hydrogen-bond donors (Lipinski definition) is 0. The van der Waals surface area contributed by atoms with Gasteiger partial charge in [0.05, 0.1) is 58.9 Å².